The summed E-state index contributed by atoms with van der Waals surface area (Å²) in [5.74, 6) is -0.258. The van der Waals surface area contributed by atoms with Crippen molar-refractivity contribution in [1.29, 1.82) is 5.26 Å². The molecule has 1 fully saturated rings. The summed E-state index contributed by atoms with van der Waals surface area (Å²) in [4.78, 5) is 19.1. The molecule has 1 N–H and O–H groups in total. The first-order valence-corrected chi connectivity index (χ1v) is 9.05. The molecule has 1 amide bonds. The van der Waals surface area contributed by atoms with Crippen LogP contribution in [0.4, 0.5) is 5.13 Å². The maximum atomic E-state index is 12.3. The van der Waals surface area contributed by atoms with E-state index in [1.165, 1.54) is 11.3 Å². The first kappa shape index (κ1) is 17.5. The number of nitriles is 1. The number of morpholine rings is 1. The molecular formula is C18H20N4O2S. The van der Waals surface area contributed by atoms with Crippen LogP contribution < -0.4 is 5.32 Å². The molecule has 2 atom stereocenters. The number of hydrogen-bond donors (Lipinski definition) is 1. The van der Waals surface area contributed by atoms with Crippen LogP contribution in [0.25, 0.3) is 0 Å². The van der Waals surface area contributed by atoms with Crippen molar-refractivity contribution in [2.75, 3.05) is 18.4 Å². The van der Waals surface area contributed by atoms with Gasteiger partial charge in [-0.1, -0.05) is 6.07 Å². The molecule has 0 radical (unpaired) electrons. The van der Waals surface area contributed by atoms with Crippen molar-refractivity contribution in [3.63, 3.8) is 0 Å². The Kier molecular flexibility index (Phi) is 5.43. The van der Waals surface area contributed by atoms with Gasteiger partial charge in [-0.2, -0.15) is 5.26 Å². The normalized spacial score (nSPS) is 20.8. The van der Waals surface area contributed by atoms with Crippen LogP contribution in [0, 0.1) is 11.3 Å². The van der Waals surface area contributed by atoms with Gasteiger partial charge in [0.05, 0.1) is 29.5 Å². The Bertz CT molecular complexity index is 788. The number of rotatable bonds is 4. The van der Waals surface area contributed by atoms with Crippen molar-refractivity contribution in [3.8, 4) is 6.07 Å². The van der Waals surface area contributed by atoms with Crippen LogP contribution in [0.1, 0.15) is 35.5 Å². The largest absolute Gasteiger partial charge is 0.373 e. The van der Waals surface area contributed by atoms with Gasteiger partial charge in [0.2, 0.25) is 0 Å². The molecule has 0 saturated carbocycles. The molecule has 1 aromatic carbocycles. The van der Waals surface area contributed by atoms with Gasteiger partial charge in [0.15, 0.2) is 5.13 Å². The van der Waals surface area contributed by atoms with Crippen LogP contribution in [0.2, 0.25) is 0 Å². The van der Waals surface area contributed by atoms with Gasteiger partial charge >= 0.3 is 0 Å². The maximum absolute atomic E-state index is 12.3. The fraction of sp³-hybridized carbons (Fsp3) is 0.389. The molecule has 3 rings (SSSR count). The summed E-state index contributed by atoms with van der Waals surface area (Å²) in [5, 5.41) is 14.3. The lowest BCUT2D eigenvalue weighted by Crippen LogP contribution is -2.44. The molecule has 1 saturated heterocycles. The van der Waals surface area contributed by atoms with E-state index in [-0.39, 0.29) is 18.1 Å². The van der Waals surface area contributed by atoms with Crippen LogP contribution in [0.5, 0.6) is 0 Å². The van der Waals surface area contributed by atoms with E-state index < -0.39 is 0 Å². The first-order chi connectivity index (χ1) is 12.0. The number of thiazole rings is 1. The lowest BCUT2D eigenvalue weighted by molar-refractivity contribution is -0.0707. The van der Waals surface area contributed by atoms with Crippen LogP contribution >= 0.6 is 11.3 Å². The molecular weight excluding hydrogens is 336 g/mol. The standard InChI is InChI=1S/C18H20N4O2S/c1-12-8-22(9-13(2)24-12)10-16-11-25-18(20-16)21-17(23)15-5-3-4-14(6-15)7-19/h3-6,11-13H,8-10H2,1-2H3,(H,20,21,23). The fourth-order valence-corrected chi connectivity index (χ4v) is 3.68. The third-order valence-corrected chi connectivity index (χ3v) is 4.71. The summed E-state index contributed by atoms with van der Waals surface area (Å²) in [6, 6.07) is 8.65. The van der Waals surface area contributed by atoms with Crippen molar-refractivity contribution >= 4 is 22.4 Å². The number of anilines is 1. The average Bonchev–Trinajstić information content (AvgIpc) is 3.00. The minimum absolute atomic E-state index is 0.217. The molecule has 2 aromatic rings. The van der Waals surface area contributed by atoms with E-state index in [4.69, 9.17) is 10.00 Å². The highest BCUT2D eigenvalue weighted by Gasteiger charge is 2.22. The second-order valence-corrected chi connectivity index (χ2v) is 7.10. The van der Waals surface area contributed by atoms with Crippen molar-refractivity contribution in [2.45, 2.75) is 32.6 Å². The predicted molar refractivity (Wildman–Crippen MR) is 96.5 cm³/mol. The summed E-state index contributed by atoms with van der Waals surface area (Å²) < 4.78 is 5.74. The minimum atomic E-state index is -0.258. The van der Waals surface area contributed by atoms with Gasteiger partial charge in [-0.25, -0.2) is 4.98 Å². The van der Waals surface area contributed by atoms with Crippen LogP contribution in [0.3, 0.4) is 0 Å². The lowest BCUT2D eigenvalue weighted by atomic mass is 10.1. The van der Waals surface area contributed by atoms with E-state index in [0.29, 0.717) is 16.3 Å². The molecule has 0 spiro atoms. The van der Waals surface area contributed by atoms with E-state index in [0.717, 1.165) is 25.3 Å². The van der Waals surface area contributed by atoms with Gasteiger partial charge in [-0.15, -0.1) is 11.3 Å². The highest BCUT2D eigenvalue weighted by Crippen LogP contribution is 2.20. The van der Waals surface area contributed by atoms with Gasteiger partial charge < -0.3 is 4.74 Å². The van der Waals surface area contributed by atoms with E-state index in [9.17, 15) is 4.79 Å². The molecule has 6 nitrogen and oxygen atoms in total. The van der Waals surface area contributed by atoms with Crippen LogP contribution in [-0.4, -0.2) is 41.1 Å². The zero-order valence-electron chi connectivity index (χ0n) is 14.2. The molecule has 0 bridgehead atoms. The monoisotopic (exact) mass is 356 g/mol. The maximum Gasteiger partial charge on any atom is 0.257 e. The Morgan fingerprint density at radius 3 is 2.92 bits per heavy atom. The molecule has 1 aromatic heterocycles. The van der Waals surface area contributed by atoms with E-state index >= 15 is 0 Å². The highest BCUT2D eigenvalue weighted by molar-refractivity contribution is 7.13. The Balaban J connectivity index is 1.61. The summed E-state index contributed by atoms with van der Waals surface area (Å²) in [7, 11) is 0. The van der Waals surface area contributed by atoms with Gasteiger partial charge in [-0.05, 0) is 32.0 Å². The number of ether oxygens (including phenoxy) is 1. The predicted octanol–water partition coefficient (Wildman–Crippen LogP) is 2.88. The Hall–Kier alpha value is -2.27. The lowest BCUT2D eigenvalue weighted by Gasteiger charge is -2.34. The van der Waals surface area contributed by atoms with E-state index in [1.807, 2.05) is 11.4 Å². The van der Waals surface area contributed by atoms with E-state index in [2.05, 4.69) is 29.0 Å². The minimum Gasteiger partial charge on any atom is -0.373 e. The van der Waals surface area contributed by atoms with E-state index in [1.54, 1.807) is 24.3 Å². The third kappa shape index (κ3) is 4.63. The first-order valence-electron chi connectivity index (χ1n) is 8.17. The topological polar surface area (TPSA) is 78.3 Å². The number of nitrogens with one attached hydrogen (secondary N) is 1. The number of benzene rings is 1. The Morgan fingerprint density at radius 1 is 1.44 bits per heavy atom. The molecule has 7 heteroatoms. The average molecular weight is 356 g/mol. The zero-order chi connectivity index (χ0) is 17.8. The molecule has 1 aliphatic rings. The number of hydrogen-bond acceptors (Lipinski definition) is 6. The molecule has 0 aliphatic carbocycles. The number of carbonyl (C=O) groups is 1. The fourth-order valence-electron chi connectivity index (χ4n) is 2.98. The quantitative estimate of drug-likeness (QED) is 0.911. The van der Waals surface area contributed by atoms with Gasteiger partial charge in [0.1, 0.15) is 0 Å². The molecule has 2 unspecified atom stereocenters. The number of nitrogens with zero attached hydrogens (tertiary/aromatic N) is 3. The van der Waals surface area contributed by atoms with Crippen LogP contribution in [-0.2, 0) is 11.3 Å². The Morgan fingerprint density at radius 2 is 2.20 bits per heavy atom. The summed E-state index contributed by atoms with van der Waals surface area (Å²) in [6.45, 7) is 6.65. The number of amides is 1. The molecule has 1 aliphatic heterocycles. The Labute approximate surface area is 151 Å². The summed E-state index contributed by atoms with van der Waals surface area (Å²) >= 11 is 1.41. The van der Waals surface area contributed by atoms with Crippen molar-refractivity contribution in [2.24, 2.45) is 0 Å². The SMILES string of the molecule is CC1CN(Cc2csc(NC(=O)c3cccc(C#N)c3)n2)CC(C)O1. The summed E-state index contributed by atoms with van der Waals surface area (Å²) in [5.41, 5.74) is 1.85. The highest BCUT2D eigenvalue weighted by atomic mass is 32.1. The number of aromatic nitrogens is 1. The van der Waals surface area contributed by atoms with Crippen molar-refractivity contribution in [1.82, 2.24) is 9.88 Å². The zero-order valence-corrected chi connectivity index (χ0v) is 15.0. The van der Waals surface area contributed by atoms with Gasteiger partial charge in [0.25, 0.3) is 5.91 Å². The smallest absolute Gasteiger partial charge is 0.257 e. The third-order valence-electron chi connectivity index (χ3n) is 3.91. The van der Waals surface area contributed by atoms with Crippen molar-refractivity contribution in [3.05, 3.63) is 46.5 Å². The van der Waals surface area contributed by atoms with Crippen molar-refractivity contribution < 1.29 is 9.53 Å². The molecule has 2 heterocycles. The van der Waals surface area contributed by atoms with Gasteiger partial charge in [-0.3, -0.25) is 15.0 Å². The second kappa shape index (κ2) is 7.74. The van der Waals surface area contributed by atoms with Crippen LogP contribution in [0.15, 0.2) is 29.6 Å². The van der Waals surface area contributed by atoms with Gasteiger partial charge in [0, 0.05) is 30.6 Å². The summed E-state index contributed by atoms with van der Waals surface area (Å²) in [6.07, 6.45) is 0.433. The molecule has 25 heavy (non-hydrogen) atoms. The second-order valence-electron chi connectivity index (χ2n) is 6.24. The molecule has 130 valence electrons. The number of carbonyl (C=O) groups excluding carboxylic acids is 1.